The van der Waals surface area contributed by atoms with E-state index in [9.17, 15) is 14.7 Å². The second-order valence-electron chi connectivity index (χ2n) is 10.4. The Kier molecular flexibility index (Phi) is 11.2. The number of aryl methyl sites for hydroxylation is 2. The molecule has 2 aromatic carbocycles. The molecule has 42 heavy (non-hydrogen) atoms. The lowest BCUT2D eigenvalue weighted by atomic mass is 10.0. The van der Waals surface area contributed by atoms with Crippen LogP contribution in [0.15, 0.2) is 67.0 Å². The van der Waals surface area contributed by atoms with Crippen LogP contribution < -0.4 is 10.1 Å². The third kappa shape index (κ3) is 8.49. The Hall–Kier alpha value is -4.04. The number of ether oxygens (including phenoxy) is 1. The Bertz CT molecular complexity index is 1450. The van der Waals surface area contributed by atoms with Gasteiger partial charge in [0.05, 0.1) is 11.5 Å². The van der Waals surface area contributed by atoms with E-state index in [-0.39, 0.29) is 12.3 Å². The van der Waals surface area contributed by atoms with E-state index in [2.05, 4.69) is 22.2 Å². The van der Waals surface area contributed by atoms with Crippen LogP contribution in [0, 0.1) is 6.92 Å². The van der Waals surface area contributed by atoms with E-state index in [1.807, 2.05) is 68.4 Å². The van der Waals surface area contributed by atoms with Crippen molar-refractivity contribution < 1.29 is 19.4 Å². The number of aliphatic carboxylic acids is 1. The van der Waals surface area contributed by atoms with E-state index in [1.54, 1.807) is 12.4 Å². The second-order valence-corrected chi connectivity index (χ2v) is 11.6. The fraction of sp³-hybridized carbons (Fsp3) is 0.353. The third-order valence-corrected chi connectivity index (χ3v) is 8.56. The van der Waals surface area contributed by atoms with Gasteiger partial charge in [0, 0.05) is 34.8 Å². The number of carbonyl (C=O) groups is 2. The van der Waals surface area contributed by atoms with Crippen LogP contribution in [0.3, 0.4) is 0 Å². The van der Waals surface area contributed by atoms with Crippen LogP contribution >= 0.6 is 11.3 Å². The molecule has 1 atom stereocenters. The molecule has 0 radical (unpaired) electrons. The van der Waals surface area contributed by atoms with Gasteiger partial charge in [-0.1, -0.05) is 75.9 Å². The van der Waals surface area contributed by atoms with Crippen molar-refractivity contribution in [2.45, 2.75) is 71.8 Å². The topological polar surface area (TPSA) is 101 Å². The van der Waals surface area contributed by atoms with Gasteiger partial charge in [0.25, 0.3) is 5.91 Å². The van der Waals surface area contributed by atoms with E-state index in [1.165, 1.54) is 37.0 Å². The highest BCUT2D eigenvalue weighted by Crippen LogP contribution is 2.25. The van der Waals surface area contributed by atoms with E-state index in [0.29, 0.717) is 10.7 Å². The smallest absolute Gasteiger partial charge is 0.326 e. The van der Waals surface area contributed by atoms with Crippen LogP contribution in [0.25, 0.3) is 22.5 Å². The number of nitrogens with one attached hydrogen (secondary N) is 1. The molecule has 0 aliphatic rings. The van der Waals surface area contributed by atoms with Crippen molar-refractivity contribution in [3.8, 4) is 28.3 Å². The first-order valence-corrected chi connectivity index (χ1v) is 15.5. The van der Waals surface area contributed by atoms with E-state index in [4.69, 9.17) is 4.74 Å². The maximum atomic E-state index is 12.7. The molecule has 1 amide bonds. The SMILES string of the molecule is CCCCCCCOc1ccc(-c2cnc(-c3ccc(C[C@H](NC(=O)c4cc(C)c(CC)s4)C(=O)O)cc3)nc2)cc1. The lowest BCUT2D eigenvalue weighted by Gasteiger charge is -2.14. The van der Waals surface area contributed by atoms with Crippen LogP contribution in [0.5, 0.6) is 5.75 Å². The first-order valence-electron chi connectivity index (χ1n) is 14.7. The zero-order valence-corrected chi connectivity index (χ0v) is 25.4. The lowest BCUT2D eigenvalue weighted by Crippen LogP contribution is -2.42. The number of carboxylic acid groups (broad SMARTS) is 1. The number of thiophene rings is 1. The average Bonchev–Trinajstić information content (AvgIpc) is 3.40. The summed E-state index contributed by atoms with van der Waals surface area (Å²) in [5.74, 6) is 0.0117. The molecule has 0 fully saturated rings. The first kappa shape index (κ1) is 30.9. The summed E-state index contributed by atoms with van der Waals surface area (Å²) >= 11 is 1.41. The molecule has 0 saturated carbocycles. The number of benzene rings is 2. The zero-order chi connectivity index (χ0) is 29.9. The highest BCUT2D eigenvalue weighted by Gasteiger charge is 2.22. The minimum absolute atomic E-state index is 0.171. The van der Waals surface area contributed by atoms with Gasteiger partial charge in [-0.2, -0.15) is 0 Å². The van der Waals surface area contributed by atoms with Crippen LogP contribution in [0.1, 0.15) is 71.6 Å². The molecule has 0 aliphatic carbocycles. The van der Waals surface area contributed by atoms with Gasteiger partial charge >= 0.3 is 5.97 Å². The van der Waals surface area contributed by atoms with E-state index in [0.717, 1.165) is 57.9 Å². The molecule has 2 N–H and O–H groups in total. The fourth-order valence-corrected chi connectivity index (χ4v) is 5.72. The number of aromatic nitrogens is 2. The Balaban J connectivity index is 1.33. The van der Waals surface area contributed by atoms with E-state index < -0.39 is 12.0 Å². The normalized spacial score (nSPS) is 11.7. The Morgan fingerprint density at radius 2 is 1.57 bits per heavy atom. The molecule has 0 saturated heterocycles. The van der Waals surface area contributed by atoms with Crippen LogP contribution in [0.4, 0.5) is 0 Å². The molecule has 4 aromatic rings. The molecule has 0 spiro atoms. The first-order chi connectivity index (χ1) is 20.4. The summed E-state index contributed by atoms with van der Waals surface area (Å²) in [5, 5.41) is 12.4. The molecular weight excluding hydrogens is 546 g/mol. The fourth-order valence-electron chi connectivity index (χ4n) is 4.70. The maximum absolute atomic E-state index is 12.7. The summed E-state index contributed by atoms with van der Waals surface area (Å²) in [6.07, 6.45) is 10.7. The van der Waals surface area contributed by atoms with Crippen LogP contribution in [0.2, 0.25) is 0 Å². The van der Waals surface area contributed by atoms with Crippen molar-refractivity contribution in [2.75, 3.05) is 6.61 Å². The number of amides is 1. The molecule has 2 heterocycles. The predicted molar refractivity (Wildman–Crippen MR) is 168 cm³/mol. The van der Waals surface area contributed by atoms with E-state index >= 15 is 0 Å². The van der Waals surface area contributed by atoms with Crippen LogP contribution in [-0.2, 0) is 17.6 Å². The molecule has 0 aliphatic heterocycles. The van der Waals surface area contributed by atoms with Crippen molar-refractivity contribution in [3.05, 3.63) is 87.9 Å². The molecule has 4 rings (SSSR count). The zero-order valence-electron chi connectivity index (χ0n) is 24.6. The molecular formula is C34H39N3O4S. The number of rotatable bonds is 15. The maximum Gasteiger partial charge on any atom is 0.326 e. The quantitative estimate of drug-likeness (QED) is 0.140. The monoisotopic (exact) mass is 585 g/mol. The standard InChI is InChI=1S/C34H39N3O4S/c1-4-6-7-8-9-18-41-28-16-14-25(15-17-28)27-21-35-32(36-22-27)26-12-10-24(11-13-26)20-29(34(39)40)37-33(38)31-19-23(3)30(5-2)42-31/h10-17,19,21-22,29H,4-9,18,20H2,1-3H3,(H,37,38)(H,39,40)/t29-/m0/s1. The van der Waals surface area contributed by atoms with Gasteiger partial charge in [0.15, 0.2) is 5.82 Å². The van der Waals surface area contributed by atoms with Gasteiger partial charge in [-0.3, -0.25) is 4.79 Å². The van der Waals surface area contributed by atoms with Crippen molar-refractivity contribution >= 4 is 23.2 Å². The highest BCUT2D eigenvalue weighted by molar-refractivity contribution is 7.14. The minimum atomic E-state index is -1.07. The molecule has 220 valence electrons. The predicted octanol–water partition coefficient (Wildman–Crippen LogP) is 7.52. The van der Waals surface area contributed by atoms with Crippen molar-refractivity contribution in [1.29, 1.82) is 0 Å². The number of unbranched alkanes of at least 4 members (excludes halogenated alkanes) is 4. The second kappa shape index (κ2) is 15.3. The molecule has 2 aromatic heterocycles. The van der Waals surface area contributed by atoms with Crippen molar-refractivity contribution in [1.82, 2.24) is 15.3 Å². The Labute approximate surface area is 252 Å². The van der Waals surface area contributed by atoms with Crippen molar-refractivity contribution in [3.63, 3.8) is 0 Å². The van der Waals surface area contributed by atoms with Gasteiger partial charge in [-0.05, 0) is 54.7 Å². The van der Waals surface area contributed by atoms with Gasteiger partial charge < -0.3 is 15.2 Å². The van der Waals surface area contributed by atoms with Gasteiger partial charge in [-0.15, -0.1) is 11.3 Å². The highest BCUT2D eigenvalue weighted by atomic mass is 32.1. The van der Waals surface area contributed by atoms with Gasteiger partial charge in [0.2, 0.25) is 0 Å². The third-order valence-electron chi connectivity index (χ3n) is 7.18. The molecule has 8 heteroatoms. The molecule has 0 bridgehead atoms. The minimum Gasteiger partial charge on any atom is -0.494 e. The summed E-state index contributed by atoms with van der Waals surface area (Å²) in [7, 11) is 0. The Morgan fingerprint density at radius 3 is 2.19 bits per heavy atom. The van der Waals surface area contributed by atoms with Gasteiger partial charge in [-0.25, -0.2) is 14.8 Å². The largest absolute Gasteiger partial charge is 0.494 e. The van der Waals surface area contributed by atoms with Crippen LogP contribution in [-0.4, -0.2) is 39.6 Å². The number of hydrogen-bond acceptors (Lipinski definition) is 6. The number of nitrogens with zero attached hydrogens (tertiary/aromatic N) is 2. The summed E-state index contributed by atoms with van der Waals surface area (Å²) in [6, 6.07) is 16.2. The summed E-state index contributed by atoms with van der Waals surface area (Å²) in [4.78, 5) is 35.4. The summed E-state index contributed by atoms with van der Waals surface area (Å²) < 4.78 is 5.87. The molecule has 7 nitrogen and oxygen atoms in total. The lowest BCUT2D eigenvalue weighted by molar-refractivity contribution is -0.139. The summed E-state index contributed by atoms with van der Waals surface area (Å²) in [5.41, 5.74) is 4.59. The Morgan fingerprint density at radius 1 is 0.905 bits per heavy atom. The average molecular weight is 586 g/mol. The number of carbonyl (C=O) groups excluding carboxylic acids is 1. The number of carboxylic acids is 1. The van der Waals surface area contributed by atoms with Gasteiger partial charge in [0.1, 0.15) is 11.8 Å². The van der Waals surface area contributed by atoms with Crippen molar-refractivity contribution in [2.24, 2.45) is 0 Å². The summed E-state index contributed by atoms with van der Waals surface area (Å²) in [6.45, 7) is 6.95. The number of hydrogen-bond donors (Lipinski definition) is 2. The molecule has 0 unspecified atom stereocenters.